The Morgan fingerprint density at radius 1 is 1.09 bits per heavy atom. The molecule has 1 atom stereocenters. The summed E-state index contributed by atoms with van der Waals surface area (Å²) in [7, 11) is 1.88. The van der Waals surface area contributed by atoms with Gasteiger partial charge in [0.1, 0.15) is 11.4 Å². The highest BCUT2D eigenvalue weighted by atomic mass is 32.1. The van der Waals surface area contributed by atoms with Crippen molar-refractivity contribution in [1.82, 2.24) is 19.8 Å². The largest absolute Gasteiger partial charge is 0.337 e. The van der Waals surface area contributed by atoms with Gasteiger partial charge in [0.25, 0.3) is 11.8 Å². The molecule has 0 spiro atoms. The number of aromatic nitrogens is 2. The van der Waals surface area contributed by atoms with Gasteiger partial charge in [-0.25, -0.2) is 4.98 Å². The molecule has 1 aliphatic heterocycles. The third kappa shape index (κ3) is 5.05. The molecular weight excluding hydrogens is 420 g/mol. The summed E-state index contributed by atoms with van der Waals surface area (Å²) in [6.45, 7) is 3.27. The van der Waals surface area contributed by atoms with Crippen LogP contribution in [0.1, 0.15) is 44.4 Å². The zero-order chi connectivity index (χ0) is 22.5. The number of pyridine rings is 1. The molecule has 3 heterocycles. The van der Waals surface area contributed by atoms with Crippen molar-refractivity contribution < 1.29 is 9.59 Å². The molecule has 0 N–H and O–H groups in total. The first-order valence-electron chi connectivity index (χ1n) is 11.0. The number of carbonyl (C=O) groups excluding carboxylic acids is 2. The molecule has 1 aliphatic rings. The lowest BCUT2D eigenvalue weighted by Crippen LogP contribution is -2.48. The average molecular weight is 449 g/mol. The first kappa shape index (κ1) is 22.1. The van der Waals surface area contributed by atoms with Crippen molar-refractivity contribution in [3.63, 3.8) is 0 Å². The molecule has 0 bridgehead atoms. The maximum atomic E-state index is 13.2. The molecule has 1 fully saturated rings. The lowest BCUT2D eigenvalue weighted by molar-refractivity contribution is 0.0517. The Hall–Kier alpha value is -3.06. The highest BCUT2D eigenvalue weighted by Gasteiger charge is 2.33. The van der Waals surface area contributed by atoms with E-state index in [2.05, 4.69) is 22.1 Å². The first-order chi connectivity index (χ1) is 15.5. The fourth-order valence-corrected chi connectivity index (χ4v) is 4.99. The third-order valence-corrected chi connectivity index (χ3v) is 6.97. The van der Waals surface area contributed by atoms with Crippen LogP contribution in [0.15, 0.2) is 60.1 Å². The molecule has 1 saturated heterocycles. The molecule has 32 heavy (non-hydrogen) atoms. The quantitative estimate of drug-likeness (QED) is 0.570. The van der Waals surface area contributed by atoms with Crippen molar-refractivity contribution in [1.29, 1.82) is 0 Å². The van der Waals surface area contributed by atoms with Crippen molar-refractivity contribution >= 4 is 23.2 Å². The van der Waals surface area contributed by atoms with Crippen molar-refractivity contribution in [3.05, 3.63) is 82.1 Å². The second-order valence-electron chi connectivity index (χ2n) is 8.27. The summed E-state index contributed by atoms with van der Waals surface area (Å²) < 4.78 is 0. The number of rotatable bonds is 6. The number of piperidine rings is 1. The summed E-state index contributed by atoms with van der Waals surface area (Å²) >= 11 is 1.50. The molecule has 2 aromatic heterocycles. The molecule has 0 aliphatic carbocycles. The van der Waals surface area contributed by atoms with E-state index >= 15 is 0 Å². The van der Waals surface area contributed by atoms with Gasteiger partial charge >= 0.3 is 0 Å². The molecule has 4 rings (SSSR count). The van der Waals surface area contributed by atoms with E-state index in [4.69, 9.17) is 0 Å². The van der Waals surface area contributed by atoms with E-state index in [1.165, 1.54) is 16.9 Å². The van der Waals surface area contributed by atoms with E-state index < -0.39 is 0 Å². The van der Waals surface area contributed by atoms with Gasteiger partial charge in [-0.05, 0) is 49.8 Å². The predicted molar refractivity (Wildman–Crippen MR) is 126 cm³/mol. The number of hydrogen-bond donors (Lipinski definition) is 0. The molecule has 0 saturated carbocycles. The maximum absolute atomic E-state index is 13.2. The number of aryl methyl sites for hydroxylation is 1. The minimum atomic E-state index is -0.0667. The van der Waals surface area contributed by atoms with E-state index in [0.29, 0.717) is 30.4 Å². The number of benzene rings is 1. The van der Waals surface area contributed by atoms with Gasteiger partial charge in [0.15, 0.2) is 0 Å². The molecular formula is C25H28N4O2S. The van der Waals surface area contributed by atoms with Crippen molar-refractivity contribution in [3.8, 4) is 0 Å². The van der Waals surface area contributed by atoms with Crippen LogP contribution in [0.3, 0.4) is 0 Å². The summed E-state index contributed by atoms with van der Waals surface area (Å²) in [5.41, 5.74) is 2.20. The second kappa shape index (κ2) is 10.0. The van der Waals surface area contributed by atoms with Crippen LogP contribution in [0.2, 0.25) is 0 Å². The number of hydrogen-bond acceptors (Lipinski definition) is 5. The lowest BCUT2D eigenvalue weighted by Gasteiger charge is -2.40. The van der Waals surface area contributed by atoms with Crippen LogP contribution < -0.4 is 0 Å². The molecule has 3 aromatic rings. The summed E-state index contributed by atoms with van der Waals surface area (Å²) in [6, 6.07) is 15.7. The molecule has 7 heteroatoms. The SMILES string of the molecule is Cc1nc(C(=O)N2CCC([C@@H](Cc3ccccc3)N(C)C(=O)c3ccccn3)CC2)cs1. The molecule has 166 valence electrons. The van der Waals surface area contributed by atoms with E-state index in [1.807, 2.05) is 59.5 Å². The summed E-state index contributed by atoms with van der Waals surface area (Å²) in [4.78, 5) is 38.3. The summed E-state index contributed by atoms with van der Waals surface area (Å²) in [6.07, 6.45) is 4.13. The van der Waals surface area contributed by atoms with Crippen LogP contribution in [-0.2, 0) is 6.42 Å². The van der Waals surface area contributed by atoms with E-state index in [-0.39, 0.29) is 17.9 Å². The van der Waals surface area contributed by atoms with Gasteiger partial charge in [0.2, 0.25) is 0 Å². The fourth-order valence-electron chi connectivity index (χ4n) is 4.41. The summed E-state index contributed by atoms with van der Waals surface area (Å²) in [5.74, 6) is 0.238. The summed E-state index contributed by atoms with van der Waals surface area (Å²) in [5, 5.41) is 2.74. The van der Waals surface area contributed by atoms with Crippen LogP contribution in [0.4, 0.5) is 0 Å². The number of likely N-dealkylation sites (tertiary alicyclic amines) is 1. The van der Waals surface area contributed by atoms with Gasteiger partial charge in [0, 0.05) is 37.8 Å². The average Bonchev–Trinajstić information content (AvgIpc) is 3.29. The van der Waals surface area contributed by atoms with Crippen molar-refractivity contribution in [2.24, 2.45) is 5.92 Å². The second-order valence-corrected chi connectivity index (χ2v) is 9.33. The number of carbonyl (C=O) groups is 2. The number of nitrogens with zero attached hydrogens (tertiary/aromatic N) is 4. The van der Waals surface area contributed by atoms with Crippen LogP contribution in [-0.4, -0.2) is 57.8 Å². The van der Waals surface area contributed by atoms with Crippen LogP contribution in [0.5, 0.6) is 0 Å². The van der Waals surface area contributed by atoms with E-state index in [0.717, 1.165) is 24.3 Å². The van der Waals surface area contributed by atoms with Gasteiger partial charge in [-0.1, -0.05) is 36.4 Å². The zero-order valence-corrected chi connectivity index (χ0v) is 19.3. The molecule has 1 aromatic carbocycles. The lowest BCUT2D eigenvalue weighted by atomic mass is 9.84. The first-order valence-corrected chi connectivity index (χ1v) is 11.8. The Balaban J connectivity index is 1.49. The normalized spacial score (nSPS) is 15.4. The minimum absolute atomic E-state index is 0.00493. The van der Waals surface area contributed by atoms with Crippen LogP contribution in [0.25, 0.3) is 0 Å². The number of amides is 2. The van der Waals surface area contributed by atoms with Crippen molar-refractivity contribution in [2.75, 3.05) is 20.1 Å². The standard InChI is InChI=1S/C25H28N4O2S/c1-18-27-22(17-32-18)25(31)29-14-11-20(12-15-29)23(16-19-8-4-3-5-9-19)28(2)24(30)21-10-6-7-13-26-21/h3-10,13,17,20,23H,11-12,14-16H2,1-2H3/t23-/m1/s1. The van der Waals surface area contributed by atoms with Gasteiger partial charge in [-0.15, -0.1) is 11.3 Å². The minimum Gasteiger partial charge on any atom is -0.337 e. The molecule has 0 radical (unpaired) electrons. The Kier molecular flexibility index (Phi) is 6.95. The zero-order valence-electron chi connectivity index (χ0n) is 18.5. The third-order valence-electron chi connectivity index (χ3n) is 6.20. The van der Waals surface area contributed by atoms with Crippen LogP contribution >= 0.6 is 11.3 Å². The molecule has 0 unspecified atom stereocenters. The highest BCUT2D eigenvalue weighted by molar-refractivity contribution is 7.09. The van der Waals surface area contributed by atoms with Gasteiger partial charge < -0.3 is 9.80 Å². The van der Waals surface area contributed by atoms with Gasteiger partial charge in [0.05, 0.1) is 5.01 Å². The Bertz CT molecular complexity index is 1050. The topological polar surface area (TPSA) is 66.4 Å². The predicted octanol–water partition coefficient (Wildman–Crippen LogP) is 4.08. The van der Waals surface area contributed by atoms with Crippen molar-refractivity contribution in [2.45, 2.75) is 32.2 Å². The smallest absolute Gasteiger partial charge is 0.273 e. The maximum Gasteiger partial charge on any atom is 0.273 e. The Morgan fingerprint density at radius 2 is 1.81 bits per heavy atom. The highest BCUT2D eigenvalue weighted by Crippen LogP contribution is 2.28. The monoisotopic (exact) mass is 448 g/mol. The van der Waals surface area contributed by atoms with E-state index in [1.54, 1.807) is 12.3 Å². The fraction of sp³-hybridized carbons (Fsp3) is 0.360. The van der Waals surface area contributed by atoms with E-state index in [9.17, 15) is 9.59 Å². The molecule has 2 amide bonds. The van der Waals surface area contributed by atoms with Crippen LogP contribution in [0, 0.1) is 12.8 Å². The number of thiazole rings is 1. The Morgan fingerprint density at radius 3 is 2.44 bits per heavy atom. The van der Waals surface area contributed by atoms with Gasteiger partial charge in [-0.2, -0.15) is 0 Å². The van der Waals surface area contributed by atoms with Gasteiger partial charge in [-0.3, -0.25) is 14.6 Å². The Labute approximate surface area is 192 Å². The molecule has 6 nitrogen and oxygen atoms in total. The number of likely N-dealkylation sites (N-methyl/N-ethyl adjacent to an activating group) is 1.